The van der Waals surface area contributed by atoms with Crippen LogP contribution in [-0.2, 0) is 16.6 Å². The normalized spacial score (nSPS) is 14.1. The summed E-state index contributed by atoms with van der Waals surface area (Å²) in [6.07, 6.45) is 1.51. The van der Waals surface area contributed by atoms with Crippen molar-refractivity contribution >= 4 is 40.9 Å². The molecular formula is C34H26N4O4S. The summed E-state index contributed by atoms with van der Waals surface area (Å²) in [4.78, 5) is 28.4. The minimum atomic E-state index is -0.612. The van der Waals surface area contributed by atoms with Crippen molar-refractivity contribution in [3.63, 3.8) is 0 Å². The zero-order chi connectivity index (χ0) is 29.9. The molecule has 1 saturated heterocycles. The highest BCUT2D eigenvalue weighted by atomic mass is 32.1. The lowest BCUT2D eigenvalue weighted by atomic mass is 10.0. The molecule has 2 amide bonds. The molecule has 0 radical (unpaired) electrons. The number of nitrogens with one attached hydrogen (secondary N) is 1. The van der Waals surface area contributed by atoms with E-state index in [1.54, 1.807) is 36.0 Å². The van der Waals surface area contributed by atoms with Crippen LogP contribution in [0.2, 0.25) is 0 Å². The Kier molecular flexibility index (Phi) is 7.55. The maximum atomic E-state index is 13.9. The van der Waals surface area contributed by atoms with Crippen molar-refractivity contribution in [3.05, 3.63) is 126 Å². The summed E-state index contributed by atoms with van der Waals surface area (Å²) in [5.41, 5.74) is 3.29. The quantitative estimate of drug-likeness (QED) is 0.128. The summed E-state index contributed by atoms with van der Waals surface area (Å²) >= 11 is 5.42. The number of rotatable bonds is 7. The van der Waals surface area contributed by atoms with Crippen molar-refractivity contribution in [1.29, 1.82) is 0 Å². The molecule has 2 heterocycles. The lowest BCUT2D eigenvalue weighted by molar-refractivity contribution is -0.122. The minimum Gasteiger partial charge on any atom is -0.457 e. The lowest BCUT2D eigenvalue weighted by Crippen LogP contribution is -2.54. The molecule has 1 fully saturated rings. The molecule has 212 valence electrons. The lowest BCUT2D eigenvalue weighted by Gasteiger charge is -2.29. The highest BCUT2D eigenvalue weighted by molar-refractivity contribution is 7.80. The third kappa shape index (κ3) is 5.79. The average molecular weight is 587 g/mol. The molecule has 1 aliphatic heterocycles. The number of aromatic nitrogens is 2. The molecule has 1 aliphatic rings. The topological polar surface area (TPSA) is 85.7 Å². The van der Waals surface area contributed by atoms with E-state index < -0.39 is 11.8 Å². The SMILES string of the molecule is Cc1ccc(Oc2c(/C=C3/C(=O)NC(=S)N(c4ccc(Oc5ccccc5)cc4)C3=O)c(-c3ccccc3)nn2C)cc1. The van der Waals surface area contributed by atoms with E-state index in [2.05, 4.69) is 5.32 Å². The number of hydrogen-bond donors (Lipinski definition) is 1. The summed E-state index contributed by atoms with van der Waals surface area (Å²) < 4.78 is 13.7. The van der Waals surface area contributed by atoms with Crippen molar-refractivity contribution in [1.82, 2.24) is 15.1 Å². The molecule has 8 nitrogen and oxygen atoms in total. The van der Waals surface area contributed by atoms with Gasteiger partial charge >= 0.3 is 0 Å². The van der Waals surface area contributed by atoms with Gasteiger partial charge in [0.15, 0.2) is 5.11 Å². The molecule has 6 rings (SSSR count). The van der Waals surface area contributed by atoms with E-state index in [-0.39, 0.29) is 10.7 Å². The van der Waals surface area contributed by atoms with Gasteiger partial charge in [0.25, 0.3) is 11.8 Å². The molecule has 4 aromatic carbocycles. The van der Waals surface area contributed by atoms with Gasteiger partial charge in [-0.25, -0.2) is 4.68 Å². The van der Waals surface area contributed by atoms with E-state index in [1.807, 2.05) is 91.9 Å². The monoisotopic (exact) mass is 586 g/mol. The molecule has 0 unspecified atom stereocenters. The predicted molar refractivity (Wildman–Crippen MR) is 169 cm³/mol. The van der Waals surface area contributed by atoms with Crippen LogP contribution >= 0.6 is 12.2 Å². The third-order valence-corrected chi connectivity index (χ3v) is 7.06. The fourth-order valence-corrected chi connectivity index (χ4v) is 4.91. The Balaban J connectivity index is 1.38. The standard InChI is InChI=1S/C34H26N4O4S/c1-22-13-17-27(18-14-22)42-33-28(30(36-37(33)2)23-9-5-3-6-10-23)21-29-31(39)35-34(43)38(32(29)40)24-15-19-26(20-16-24)41-25-11-7-4-8-12-25/h3-21H,1-2H3,(H,35,39,43)/b29-21-. The number of para-hydroxylation sites is 1. The van der Waals surface area contributed by atoms with Gasteiger partial charge in [-0.15, -0.1) is 0 Å². The van der Waals surface area contributed by atoms with Crippen molar-refractivity contribution in [2.45, 2.75) is 6.92 Å². The molecular weight excluding hydrogens is 560 g/mol. The molecule has 0 aliphatic carbocycles. The van der Waals surface area contributed by atoms with E-state index in [1.165, 1.54) is 11.0 Å². The van der Waals surface area contributed by atoms with Crippen LogP contribution in [0.4, 0.5) is 5.69 Å². The Morgan fingerprint density at radius 3 is 2.02 bits per heavy atom. The summed E-state index contributed by atoms with van der Waals surface area (Å²) in [6, 6.07) is 33.4. The van der Waals surface area contributed by atoms with Gasteiger partial charge in [0.1, 0.15) is 28.5 Å². The summed E-state index contributed by atoms with van der Waals surface area (Å²) in [5.74, 6) is 1.05. The van der Waals surface area contributed by atoms with Crippen LogP contribution in [0.1, 0.15) is 11.1 Å². The number of benzene rings is 4. The van der Waals surface area contributed by atoms with Crippen LogP contribution in [0.25, 0.3) is 17.3 Å². The molecule has 0 atom stereocenters. The Morgan fingerprint density at radius 2 is 1.35 bits per heavy atom. The van der Waals surface area contributed by atoms with E-state index in [0.717, 1.165) is 11.1 Å². The first-order chi connectivity index (χ1) is 20.9. The predicted octanol–water partition coefficient (Wildman–Crippen LogP) is 6.81. The van der Waals surface area contributed by atoms with Crippen LogP contribution in [0.3, 0.4) is 0 Å². The second kappa shape index (κ2) is 11.8. The average Bonchev–Trinajstić information content (AvgIpc) is 3.32. The summed E-state index contributed by atoms with van der Waals surface area (Å²) in [7, 11) is 1.75. The Labute approximate surface area is 253 Å². The second-order valence-electron chi connectivity index (χ2n) is 9.84. The molecule has 43 heavy (non-hydrogen) atoms. The number of carbonyl (C=O) groups is 2. The maximum absolute atomic E-state index is 13.9. The first-order valence-corrected chi connectivity index (χ1v) is 13.9. The molecule has 1 N–H and O–H groups in total. The molecule has 0 saturated carbocycles. The van der Waals surface area contributed by atoms with E-state index in [9.17, 15) is 9.59 Å². The number of anilines is 1. The molecule has 0 spiro atoms. The molecule has 9 heteroatoms. The van der Waals surface area contributed by atoms with Crippen molar-refractivity contribution < 1.29 is 19.1 Å². The van der Waals surface area contributed by atoms with Crippen LogP contribution < -0.4 is 19.7 Å². The van der Waals surface area contributed by atoms with Crippen molar-refractivity contribution in [2.24, 2.45) is 7.05 Å². The maximum Gasteiger partial charge on any atom is 0.270 e. The molecule has 1 aromatic heterocycles. The van der Waals surface area contributed by atoms with E-state index in [0.29, 0.717) is 40.1 Å². The number of ether oxygens (including phenoxy) is 2. The third-order valence-electron chi connectivity index (χ3n) is 6.78. The van der Waals surface area contributed by atoms with Crippen LogP contribution in [0.15, 0.2) is 115 Å². The van der Waals surface area contributed by atoms with E-state index in [4.69, 9.17) is 26.8 Å². The number of thiocarbonyl (C=S) groups is 1. The number of carbonyl (C=O) groups excluding carboxylic acids is 2. The van der Waals surface area contributed by atoms with E-state index >= 15 is 0 Å². The number of nitrogens with zero attached hydrogens (tertiary/aromatic N) is 3. The Hall–Kier alpha value is -5.54. The van der Waals surface area contributed by atoms with Gasteiger partial charge in [0, 0.05) is 12.6 Å². The van der Waals surface area contributed by atoms with Gasteiger partial charge in [0.05, 0.1) is 11.3 Å². The highest BCUT2D eigenvalue weighted by Gasteiger charge is 2.35. The summed E-state index contributed by atoms with van der Waals surface area (Å²) in [5, 5.41) is 7.33. The Morgan fingerprint density at radius 1 is 0.767 bits per heavy atom. The fraction of sp³-hybridized carbons (Fsp3) is 0.0588. The Bertz CT molecular complexity index is 1850. The van der Waals surface area contributed by atoms with Crippen LogP contribution in [0, 0.1) is 6.92 Å². The smallest absolute Gasteiger partial charge is 0.270 e. The zero-order valence-electron chi connectivity index (χ0n) is 23.4. The number of hydrogen-bond acceptors (Lipinski definition) is 6. The molecule has 5 aromatic rings. The van der Waals surface area contributed by atoms with Gasteiger partial charge in [0.2, 0.25) is 5.88 Å². The fourth-order valence-electron chi connectivity index (χ4n) is 4.63. The van der Waals surface area contributed by atoms with Gasteiger partial charge in [-0.2, -0.15) is 5.10 Å². The first-order valence-electron chi connectivity index (χ1n) is 13.5. The number of aryl methyl sites for hydroxylation is 2. The van der Waals surface area contributed by atoms with Crippen LogP contribution in [-0.4, -0.2) is 26.7 Å². The first kappa shape index (κ1) is 27.6. The van der Waals surface area contributed by atoms with Crippen molar-refractivity contribution in [3.8, 4) is 34.4 Å². The van der Waals surface area contributed by atoms with Gasteiger partial charge in [-0.05, 0) is 73.7 Å². The van der Waals surface area contributed by atoms with Crippen LogP contribution in [0.5, 0.6) is 23.1 Å². The van der Waals surface area contributed by atoms with Gasteiger partial charge in [-0.3, -0.25) is 19.8 Å². The van der Waals surface area contributed by atoms with Gasteiger partial charge in [-0.1, -0.05) is 66.2 Å². The second-order valence-corrected chi connectivity index (χ2v) is 10.2. The van der Waals surface area contributed by atoms with Crippen molar-refractivity contribution in [2.75, 3.05) is 4.90 Å². The largest absolute Gasteiger partial charge is 0.457 e. The molecule has 0 bridgehead atoms. The summed E-state index contributed by atoms with van der Waals surface area (Å²) in [6.45, 7) is 1.99. The highest BCUT2D eigenvalue weighted by Crippen LogP contribution is 2.36. The number of amides is 2. The minimum absolute atomic E-state index is 0.0190. The van der Waals surface area contributed by atoms with Gasteiger partial charge < -0.3 is 9.47 Å². The zero-order valence-corrected chi connectivity index (χ0v) is 24.2.